The Kier molecular flexibility index (Phi) is 11.0. The van der Waals surface area contributed by atoms with E-state index in [0.29, 0.717) is 19.6 Å². The summed E-state index contributed by atoms with van der Waals surface area (Å²) in [6, 6.07) is -0.603. The monoisotopic (exact) mass is 437 g/mol. The van der Waals surface area contributed by atoms with Crippen molar-refractivity contribution in [1.29, 1.82) is 0 Å². The molecule has 0 aromatic carbocycles. The second-order valence-corrected chi connectivity index (χ2v) is 8.87. The van der Waals surface area contributed by atoms with Crippen molar-refractivity contribution in [3.63, 3.8) is 0 Å². The van der Waals surface area contributed by atoms with Crippen molar-refractivity contribution in [1.82, 2.24) is 15.7 Å². The molecule has 0 aromatic heterocycles. The number of carbonyl (C=O) groups is 3. The summed E-state index contributed by atoms with van der Waals surface area (Å²) in [5.41, 5.74) is 2.44. The maximum absolute atomic E-state index is 13.0. The summed E-state index contributed by atoms with van der Waals surface area (Å²) < 4.78 is 5.45. The van der Waals surface area contributed by atoms with Crippen LogP contribution in [0.5, 0.6) is 0 Å². The molecule has 2 N–H and O–H groups in total. The van der Waals surface area contributed by atoms with Crippen molar-refractivity contribution in [2.24, 2.45) is 11.8 Å². The van der Waals surface area contributed by atoms with Gasteiger partial charge < -0.3 is 15.0 Å². The van der Waals surface area contributed by atoms with Crippen LogP contribution in [0.4, 0.5) is 0 Å². The minimum atomic E-state index is -0.603. The zero-order chi connectivity index (χ0) is 22.6. The van der Waals surface area contributed by atoms with Crippen LogP contribution >= 0.6 is 0 Å². The first-order valence-electron chi connectivity index (χ1n) is 11.6. The molecule has 1 fully saturated rings. The normalized spacial score (nSPS) is 27.0. The van der Waals surface area contributed by atoms with Crippen LogP contribution in [0.2, 0.25) is 0 Å². The first-order valence-corrected chi connectivity index (χ1v) is 11.6. The summed E-state index contributed by atoms with van der Waals surface area (Å²) in [5, 5.41) is 2.92. The molecule has 1 saturated heterocycles. The van der Waals surface area contributed by atoms with Gasteiger partial charge >= 0.3 is 0 Å². The maximum atomic E-state index is 13.0. The molecule has 2 aliphatic rings. The molecule has 3 atom stereocenters. The topological polar surface area (TPSA) is 97.0 Å². The Morgan fingerprint density at radius 2 is 1.94 bits per heavy atom. The summed E-state index contributed by atoms with van der Waals surface area (Å²) in [6.45, 7) is 5.11. The van der Waals surface area contributed by atoms with E-state index in [-0.39, 0.29) is 30.1 Å². The number of nitrogens with one attached hydrogen (secondary N) is 2. The second kappa shape index (κ2) is 13.5. The van der Waals surface area contributed by atoms with Gasteiger partial charge in [-0.1, -0.05) is 26.0 Å². The van der Waals surface area contributed by atoms with Gasteiger partial charge in [-0.2, -0.15) is 0 Å². The molecule has 8 heteroatoms. The Hall–Kier alpha value is -1.93. The molecule has 2 heterocycles. The lowest BCUT2D eigenvalue weighted by molar-refractivity contribution is -0.200. The van der Waals surface area contributed by atoms with Gasteiger partial charge in [0.15, 0.2) is 6.29 Å². The summed E-state index contributed by atoms with van der Waals surface area (Å²) in [6.07, 6.45) is 10.6. The third-order valence-electron chi connectivity index (χ3n) is 5.81. The van der Waals surface area contributed by atoms with Crippen molar-refractivity contribution in [2.45, 2.75) is 84.0 Å². The predicted octanol–water partition coefficient (Wildman–Crippen LogP) is 2.69. The number of ether oxygens (including phenoxy) is 1. The lowest BCUT2D eigenvalue weighted by Crippen LogP contribution is -2.52. The van der Waals surface area contributed by atoms with Crippen molar-refractivity contribution in [3.8, 4) is 0 Å². The van der Waals surface area contributed by atoms with Crippen LogP contribution in [0.1, 0.15) is 71.6 Å². The number of carbonyl (C=O) groups excluding carboxylic acids is 3. The van der Waals surface area contributed by atoms with Crippen LogP contribution in [0.3, 0.4) is 0 Å². The number of hydrogen-bond acceptors (Lipinski definition) is 5. The zero-order valence-corrected chi connectivity index (χ0v) is 19.2. The summed E-state index contributed by atoms with van der Waals surface area (Å²) in [5.74, 6) is -1.27. The molecule has 31 heavy (non-hydrogen) atoms. The fourth-order valence-corrected chi connectivity index (χ4v) is 3.82. The fourth-order valence-electron chi connectivity index (χ4n) is 3.82. The van der Waals surface area contributed by atoms with Crippen molar-refractivity contribution >= 4 is 17.7 Å². The smallest absolute Gasteiger partial charge is 0.245 e. The number of nitrogens with zero attached hydrogens (tertiary/aromatic N) is 1. The van der Waals surface area contributed by atoms with Gasteiger partial charge in [0.1, 0.15) is 6.04 Å². The van der Waals surface area contributed by atoms with E-state index >= 15 is 0 Å². The highest BCUT2D eigenvalue weighted by Crippen LogP contribution is 2.18. The Labute approximate surface area is 186 Å². The van der Waals surface area contributed by atoms with Gasteiger partial charge in [0.25, 0.3) is 0 Å². The number of allylic oxidation sites excluding steroid dienone is 2. The number of hydroxylamine groups is 1. The Morgan fingerprint density at radius 3 is 2.61 bits per heavy atom. The first-order chi connectivity index (χ1) is 14.9. The van der Waals surface area contributed by atoms with Crippen LogP contribution in [0, 0.1) is 11.8 Å². The van der Waals surface area contributed by atoms with Crippen molar-refractivity contribution in [3.05, 3.63) is 12.2 Å². The van der Waals surface area contributed by atoms with Crippen LogP contribution < -0.4 is 10.8 Å². The SMILES string of the molecule is CC(C)C1NC(=O)C(CC(=O)NO[C@H]2CCCCO2)CCCC=CCCCN(C)C1=O. The second-order valence-electron chi connectivity index (χ2n) is 8.87. The highest BCUT2D eigenvalue weighted by atomic mass is 16.8. The molecule has 2 rings (SSSR count). The molecule has 8 nitrogen and oxygen atoms in total. The predicted molar refractivity (Wildman–Crippen MR) is 118 cm³/mol. The average molecular weight is 438 g/mol. The van der Waals surface area contributed by atoms with Gasteiger partial charge in [0.05, 0.1) is 0 Å². The quantitative estimate of drug-likeness (QED) is 0.509. The molecule has 0 aliphatic carbocycles. The number of rotatable bonds is 5. The molecule has 0 bridgehead atoms. The maximum Gasteiger partial charge on any atom is 0.245 e. The zero-order valence-electron chi connectivity index (χ0n) is 19.2. The minimum Gasteiger partial charge on any atom is -0.350 e. The molecule has 2 aliphatic heterocycles. The minimum absolute atomic E-state index is 0.0110. The third kappa shape index (κ3) is 8.99. The molecular formula is C23H39N3O5. The lowest BCUT2D eigenvalue weighted by Gasteiger charge is -2.29. The van der Waals surface area contributed by atoms with E-state index in [4.69, 9.17) is 9.57 Å². The Balaban J connectivity index is 2.01. The molecule has 176 valence electrons. The van der Waals surface area contributed by atoms with Gasteiger partial charge in [-0.15, -0.1) is 0 Å². The first kappa shape index (κ1) is 25.3. The number of amides is 3. The molecule has 0 radical (unpaired) electrons. The molecule has 0 spiro atoms. The van der Waals surface area contributed by atoms with Gasteiger partial charge in [-0.3, -0.25) is 14.4 Å². The van der Waals surface area contributed by atoms with Gasteiger partial charge in [0.2, 0.25) is 17.7 Å². The molecule has 0 aromatic rings. The van der Waals surface area contributed by atoms with Gasteiger partial charge in [-0.05, 0) is 50.9 Å². The highest BCUT2D eigenvalue weighted by molar-refractivity contribution is 5.90. The molecule has 0 saturated carbocycles. The number of hydrogen-bond donors (Lipinski definition) is 2. The average Bonchev–Trinajstić information content (AvgIpc) is 2.76. The van der Waals surface area contributed by atoms with E-state index in [2.05, 4.69) is 22.9 Å². The third-order valence-corrected chi connectivity index (χ3v) is 5.81. The van der Waals surface area contributed by atoms with E-state index < -0.39 is 18.2 Å². The van der Waals surface area contributed by atoms with E-state index in [1.165, 1.54) is 0 Å². The van der Waals surface area contributed by atoms with Crippen LogP contribution in [0.25, 0.3) is 0 Å². The van der Waals surface area contributed by atoms with Gasteiger partial charge in [0, 0.05) is 39.0 Å². The van der Waals surface area contributed by atoms with E-state index in [1.807, 2.05) is 13.8 Å². The van der Waals surface area contributed by atoms with E-state index in [1.54, 1.807) is 11.9 Å². The van der Waals surface area contributed by atoms with E-state index in [0.717, 1.165) is 44.9 Å². The summed E-state index contributed by atoms with van der Waals surface area (Å²) in [7, 11) is 1.77. The lowest BCUT2D eigenvalue weighted by atomic mass is 9.94. The van der Waals surface area contributed by atoms with Crippen LogP contribution in [-0.4, -0.2) is 55.2 Å². The Morgan fingerprint density at radius 1 is 1.19 bits per heavy atom. The molecule has 2 unspecified atom stereocenters. The Bertz CT molecular complexity index is 616. The molecular weight excluding hydrogens is 398 g/mol. The highest BCUT2D eigenvalue weighted by Gasteiger charge is 2.30. The van der Waals surface area contributed by atoms with Gasteiger partial charge in [-0.25, -0.2) is 10.3 Å². The van der Waals surface area contributed by atoms with Crippen LogP contribution in [0.15, 0.2) is 12.2 Å². The van der Waals surface area contributed by atoms with E-state index in [9.17, 15) is 14.4 Å². The van der Waals surface area contributed by atoms with Crippen molar-refractivity contribution in [2.75, 3.05) is 20.2 Å². The van der Waals surface area contributed by atoms with Crippen molar-refractivity contribution < 1.29 is 24.0 Å². The van der Waals surface area contributed by atoms with Crippen LogP contribution in [-0.2, 0) is 24.0 Å². The largest absolute Gasteiger partial charge is 0.350 e. The summed E-state index contributed by atoms with van der Waals surface area (Å²) >= 11 is 0. The fraction of sp³-hybridized carbons (Fsp3) is 0.783. The standard InChI is InChI=1S/C23H39N3O5/c1-17(2)21-23(29)26(3)14-10-7-5-4-6-8-12-18(22(28)24-21)16-19(27)25-31-20-13-9-11-15-30-20/h4-5,17-18,20-21H,6-16H2,1-3H3,(H,24,28)(H,25,27)/t18?,20-,21?/m0/s1. The summed E-state index contributed by atoms with van der Waals surface area (Å²) in [4.78, 5) is 45.4. The molecule has 3 amide bonds. The number of likely N-dealkylation sites (N-methyl/N-ethyl adjacent to an activating group) is 1.